The highest BCUT2D eigenvalue weighted by molar-refractivity contribution is 8.00. The Labute approximate surface area is 114 Å². The molecule has 0 saturated carbocycles. The van der Waals surface area contributed by atoms with Crippen molar-refractivity contribution in [3.8, 4) is 0 Å². The summed E-state index contributed by atoms with van der Waals surface area (Å²) >= 11 is 12.7. The van der Waals surface area contributed by atoms with Gasteiger partial charge < -0.3 is 5.73 Å². The predicted octanol–water partition coefficient (Wildman–Crippen LogP) is 2.92. The number of hydrogen-bond donors (Lipinski definition) is 1. The summed E-state index contributed by atoms with van der Waals surface area (Å²) in [6, 6.07) is 1.44. The molecule has 17 heavy (non-hydrogen) atoms. The van der Waals surface area contributed by atoms with E-state index in [1.807, 2.05) is 0 Å². The molecule has 1 amide bonds. The van der Waals surface area contributed by atoms with Crippen molar-refractivity contribution in [2.24, 2.45) is 5.73 Å². The molecule has 0 aliphatic heterocycles. The number of rotatable bonds is 6. The summed E-state index contributed by atoms with van der Waals surface area (Å²) in [4.78, 5) is 19.2. The van der Waals surface area contributed by atoms with Gasteiger partial charge in [0.25, 0.3) is 0 Å². The van der Waals surface area contributed by atoms with Gasteiger partial charge in [0, 0.05) is 6.07 Å². The molecule has 1 atom stereocenters. The summed E-state index contributed by atoms with van der Waals surface area (Å²) in [6.07, 6.45) is 2.63. The van der Waals surface area contributed by atoms with Crippen molar-refractivity contribution in [2.75, 3.05) is 0 Å². The van der Waals surface area contributed by atoms with Crippen LogP contribution in [0.2, 0.25) is 10.3 Å². The van der Waals surface area contributed by atoms with Crippen molar-refractivity contribution in [3.05, 3.63) is 16.4 Å². The number of unbranched alkanes of at least 4 members (excludes halogenated alkanes) is 1. The van der Waals surface area contributed by atoms with Crippen LogP contribution in [-0.4, -0.2) is 21.1 Å². The summed E-state index contributed by atoms with van der Waals surface area (Å²) < 4.78 is 0. The minimum absolute atomic E-state index is 0.256. The Kier molecular flexibility index (Phi) is 6.02. The molecule has 7 heteroatoms. The lowest BCUT2D eigenvalue weighted by molar-refractivity contribution is -0.117. The van der Waals surface area contributed by atoms with Crippen molar-refractivity contribution >= 4 is 40.9 Å². The van der Waals surface area contributed by atoms with Crippen LogP contribution in [0.5, 0.6) is 0 Å². The van der Waals surface area contributed by atoms with Crippen LogP contribution in [0.3, 0.4) is 0 Å². The zero-order chi connectivity index (χ0) is 12.8. The molecule has 0 aromatic carbocycles. The van der Waals surface area contributed by atoms with Crippen LogP contribution >= 0.6 is 35.0 Å². The molecule has 4 nitrogen and oxygen atoms in total. The Hall–Kier alpha value is -0.520. The van der Waals surface area contributed by atoms with Gasteiger partial charge in [0.1, 0.15) is 10.3 Å². The first-order chi connectivity index (χ1) is 8.02. The third kappa shape index (κ3) is 5.10. The molecular weight excluding hydrogens is 281 g/mol. The number of carbonyl (C=O) groups excluding carboxylic acids is 1. The highest BCUT2D eigenvalue weighted by Crippen LogP contribution is 2.26. The SMILES string of the molecule is CCCCC(Sc1nc(Cl)cc(Cl)n1)C(N)=O. The second-order valence-electron chi connectivity index (χ2n) is 3.45. The minimum atomic E-state index is -0.372. The molecule has 0 spiro atoms. The molecule has 1 aromatic heterocycles. The molecule has 0 bridgehead atoms. The first-order valence-corrected chi connectivity index (χ1v) is 6.82. The van der Waals surface area contributed by atoms with Crippen LogP contribution in [-0.2, 0) is 4.79 Å². The van der Waals surface area contributed by atoms with Crippen LogP contribution in [0.4, 0.5) is 0 Å². The first-order valence-electron chi connectivity index (χ1n) is 5.19. The first kappa shape index (κ1) is 14.5. The van der Waals surface area contributed by atoms with E-state index in [2.05, 4.69) is 16.9 Å². The Bertz CT molecular complexity index is 383. The molecule has 1 aromatic rings. The third-order valence-corrected chi connectivity index (χ3v) is 3.56. The fourth-order valence-electron chi connectivity index (χ4n) is 1.20. The number of halogens is 2. The van der Waals surface area contributed by atoms with E-state index in [0.29, 0.717) is 11.6 Å². The fraction of sp³-hybridized carbons (Fsp3) is 0.500. The van der Waals surface area contributed by atoms with Crippen molar-refractivity contribution in [3.63, 3.8) is 0 Å². The Morgan fingerprint density at radius 3 is 2.53 bits per heavy atom. The van der Waals surface area contributed by atoms with Gasteiger partial charge >= 0.3 is 0 Å². The summed E-state index contributed by atoms with van der Waals surface area (Å²) in [5.41, 5.74) is 5.32. The minimum Gasteiger partial charge on any atom is -0.369 e. The van der Waals surface area contributed by atoms with Crippen LogP contribution in [0, 0.1) is 0 Å². The molecule has 0 aliphatic carbocycles. The topological polar surface area (TPSA) is 68.9 Å². The van der Waals surface area contributed by atoms with E-state index in [1.54, 1.807) is 0 Å². The van der Waals surface area contributed by atoms with Gasteiger partial charge in [-0.25, -0.2) is 9.97 Å². The third-order valence-electron chi connectivity index (χ3n) is 2.03. The maximum atomic E-state index is 11.3. The fourth-order valence-corrected chi connectivity index (χ4v) is 2.68. The normalized spacial score (nSPS) is 12.4. The Morgan fingerprint density at radius 2 is 2.06 bits per heavy atom. The molecule has 0 radical (unpaired) electrons. The van der Waals surface area contributed by atoms with E-state index < -0.39 is 0 Å². The van der Waals surface area contributed by atoms with E-state index >= 15 is 0 Å². The zero-order valence-electron chi connectivity index (χ0n) is 9.32. The molecule has 1 rings (SSSR count). The molecule has 1 unspecified atom stereocenters. The van der Waals surface area contributed by atoms with Gasteiger partial charge in [0.2, 0.25) is 5.91 Å². The number of thioether (sulfide) groups is 1. The lowest BCUT2D eigenvalue weighted by atomic mass is 10.2. The number of carbonyl (C=O) groups is 1. The van der Waals surface area contributed by atoms with Crippen molar-refractivity contribution in [1.82, 2.24) is 9.97 Å². The zero-order valence-corrected chi connectivity index (χ0v) is 11.6. The van der Waals surface area contributed by atoms with Gasteiger partial charge in [-0.1, -0.05) is 54.7 Å². The lowest BCUT2D eigenvalue weighted by Gasteiger charge is -2.11. The number of nitrogens with zero attached hydrogens (tertiary/aromatic N) is 2. The second-order valence-corrected chi connectivity index (χ2v) is 5.39. The van der Waals surface area contributed by atoms with Crippen LogP contribution in [0.25, 0.3) is 0 Å². The van der Waals surface area contributed by atoms with Gasteiger partial charge in [-0.3, -0.25) is 4.79 Å². The highest BCUT2D eigenvalue weighted by atomic mass is 35.5. The van der Waals surface area contributed by atoms with Gasteiger partial charge in [-0.2, -0.15) is 0 Å². The van der Waals surface area contributed by atoms with E-state index in [4.69, 9.17) is 28.9 Å². The van der Waals surface area contributed by atoms with E-state index in [9.17, 15) is 4.79 Å². The summed E-state index contributed by atoms with van der Waals surface area (Å²) in [6.45, 7) is 2.05. The lowest BCUT2D eigenvalue weighted by Crippen LogP contribution is -2.25. The van der Waals surface area contributed by atoms with Gasteiger partial charge in [0.05, 0.1) is 5.25 Å². The summed E-state index contributed by atoms with van der Waals surface area (Å²) in [7, 11) is 0. The molecule has 2 N–H and O–H groups in total. The smallest absolute Gasteiger partial charge is 0.231 e. The monoisotopic (exact) mass is 293 g/mol. The Balaban J connectivity index is 2.74. The molecule has 0 saturated heterocycles. The van der Waals surface area contributed by atoms with Crippen molar-refractivity contribution < 1.29 is 4.79 Å². The van der Waals surface area contributed by atoms with Crippen molar-refractivity contribution in [1.29, 1.82) is 0 Å². The molecule has 0 fully saturated rings. The van der Waals surface area contributed by atoms with Gasteiger partial charge in [-0.05, 0) is 6.42 Å². The standard InChI is InChI=1S/C10H13Cl2N3OS/c1-2-3-4-6(9(13)16)17-10-14-7(11)5-8(12)15-10/h5-6H,2-4H2,1H3,(H2,13,16). The van der Waals surface area contributed by atoms with E-state index in [1.165, 1.54) is 17.8 Å². The van der Waals surface area contributed by atoms with E-state index in [-0.39, 0.29) is 21.5 Å². The number of amides is 1. The quantitative estimate of drug-likeness (QED) is 0.497. The largest absolute Gasteiger partial charge is 0.369 e. The second kappa shape index (κ2) is 7.03. The van der Waals surface area contributed by atoms with Crippen LogP contribution in [0.15, 0.2) is 11.2 Å². The summed E-state index contributed by atoms with van der Waals surface area (Å²) in [5.74, 6) is -0.372. The van der Waals surface area contributed by atoms with E-state index in [0.717, 1.165) is 12.8 Å². The van der Waals surface area contributed by atoms with Crippen LogP contribution < -0.4 is 5.73 Å². The average molecular weight is 294 g/mol. The van der Waals surface area contributed by atoms with Gasteiger partial charge in [0.15, 0.2) is 5.16 Å². The number of hydrogen-bond acceptors (Lipinski definition) is 4. The Morgan fingerprint density at radius 1 is 1.47 bits per heavy atom. The van der Waals surface area contributed by atoms with Gasteiger partial charge in [-0.15, -0.1) is 0 Å². The average Bonchev–Trinajstić information content (AvgIpc) is 2.22. The number of primary amides is 1. The molecule has 0 aliphatic rings. The maximum Gasteiger partial charge on any atom is 0.231 e. The predicted molar refractivity (Wildman–Crippen MR) is 70.4 cm³/mol. The molecular formula is C10H13Cl2N3OS. The highest BCUT2D eigenvalue weighted by Gasteiger charge is 2.18. The maximum absolute atomic E-state index is 11.3. The number of aromatic nitrogens is 2. The summed E-state index contributed by atoms with van der Waals surface area (Å²) in [5, 5.41) is 0.546. The van der Waals surface area contributed by atoms with Crippen LogP contribution in [0.1, 0.15) is 26.2 Å². The number of nitrogens with two attached hydrogens (primary N) is 1. The van der Waals surface area contributed by atoms with Crippen molar-refractivity contribution in [2.45, 2.75) is 36.6 Å². The molecule has 1 heterocycles. The molecule has 94 valence electrons.